The fourth-order valence-electron chi connectivity index (χ4n) is 5.60. The number of halogens is 1. The molecule has 0 radical (unpaired) electrons. The molecule has 11 heteroatoms. The van der Waals surface area contributed by atoms with E-state index in [0.29, 0.717) is 39.2 Å². The number of hydrogen-bond donors (Lipinski definition) is 4. The molecule has 236 valence electrons. The predicted molar refractivity (Wildman–Crippen MR) is 166 cm³/mol. The summed E-state index contributed by atoms with van der Waals surface area (Å²) in [5.74, 6) is -2.79. The topological polar surface area (TPSA) is 158 Å². The van der Waals surface area contributed by atoms with Crippen LogP contribution in [0.25, 0.3) is 22.3 Å². The van der Waals surface area contributed by atoms with E-state index in [4.69, 9.17) is 5.73 Å². The van der Waals surface area contributed by atoms with Crippen LogP contribution < -0.4 is 45.7 Å². The first kappa shape index (κ1) is 36.7. The van der Waals surface area contributed by atoms with Crippen molar-refractivity contribution in [2.75, 3.05) is 0 Å². The minimum atomic E-state index is -1.41. The number of nitrogens with one attached hydrogen (secondary N) is 1. The Morgan fingerprint density at radius 1 is 0.913 bits per heavy atom. The molecular formula is C35H37FN3NaO6. The molecule has 0 aliphatic rings. The van der Waals surface area contributed by atoms with Crippen molar-refractivity contribution in [1.82, 2.24) is 9.88 Å². The molecule has 0 fully saturated rings. The van der Waals surface area contributed by atoms with Gasteiger partial charge in [0.05, 0.1) is 12.2 Å². The molecule has 0 bridgehead atoms. The summed E-state index contributed by atoms with van der Waals surface area (Å²) in [7, 11) is 0. The number of hydrogen-bond acceptors (Lipinski definition) is 6. The van der Waals surface area contributed by atoms with Crippen LogP contribution in [0.5, 0.6) is 0 Å². The largest absolute Gasteiger partial charge is 1.00 e. The zero-order valence-corrected chi connectivity index (χ0v) is 28.2. The van der Waals surface area contributed by atoms with Gasteiger partial charge in [0.15, 0.2) is 0 Å². The van der Waals surface area contributed by atoms with Gasteiger partial charge in [0, 0.05) is 47.4 Å². The molecular weight excluding hydrogens is 600 g/mol. The van der Waals surface area contributed by atoms with Gasteiger partial charge in [0.25, 0.3) is 5.91 Å². The Labute approximate surface area is 289 Å². The first-order valence-electron chi connectivity index (χ1n) is 14.8. The molecule has 0 spiro atoms. The Hall–Kier alpha value is -3.80. The van der Waals surface area contributed by atoms with E-state index in [9.17, 15) is 34.1 Å². The zero-order chi connectivity index (χ0) is 32.7. The number of nitrogens with zero attached hydrogens (tertiary/aromatic N) is 1. The number of aromatic nitrogens is 1. The van der Waals surface area contributed by atoms with Crippen molar-refractivity contribution in [2.24, 2.45) is 5.73 Å². The van der Waals surface area contributed by atoms with Gasteiger partial charge in [-0.1, -0.05) is 54.6 Å². The SMILES string of the molecule is CC(C)n1c(CC[C@@H](O)C[C@@H](O)CC(=O)[O-])c(-c2ccc(F)cc2)c(-c2ccccc2)c1C(=O)NCc1cccc(C(N)=O)c1.[Na+]. The van der Waals surface area contributed by atoms with E-state index in [0.717, 1.165) is 5.56 Å². The number of carboxylic acid groups (broad SMARTS) is 1. The van der Waals surface area contributed by atoms with Crippen LogP contribution in [0.15, 0.2) is 78.9 Å². The molecule has 0 unspecified atom stereocenters. The first-order valence-corrected chi connectivity index (χ1v) is 14.8. The summed E-state index contributed by atoms with van der Waals surface area (Å²) in [5, 5.41) is 34.7. The number of aliphatic hydroxyl groups is 2. The normalized spacial score (nSPS) is 12.3. The van der Waals surface area contributed by atoms with Crippen molar-refractivity contribution in [2.45, 2.75) is 64.3 Å². The van der Waals surface area contributed by atoms with Gasteiger partial charge in [-0.15, -0.1) is 0 Å². The molecule has 0 aliphatic heterocycles. The summed E-state index contributed by atoms with van der Waals surface area (Å²) < 4.78 is 16.0. The molecule has 4 aromatic rings. The average molecular weight is 638 g/mol. The summed E-state index contributed by atoms with van der Waals surface area (Å²) >= 11 is 0. The third kappa shape index (κ3) is 9.14. The van der Waals surface area contributed by atoms with Crippen molar-refractivity contribution in [3.63, 3.8) is 0 Å². The van der Waals surface area contributed by atoms with Crippen LogP contribution in [0.2, 0.25) is 0 Å². The maximum atomic E-state index is 14.2. The number of carbonyl (C=O) groups excluding carboxylic acids is 3. The summed E-state index contributed by atoms with van der Waals surface area (Å²) in [6.45, 7) is 3.98. The van der Waals surface area contributed by atoms with Gasteiger partial charge < -0.3 is 35.7 Å². The van der Waals surface area contributed by atoms with Crippen LogP contribution in [0, 0.1) is 5.82 Å². The van der Waals surface area contributed by atoms with E-state index >= 15 is 0 Å². The molecule has 2 atom stereocenters. The first-order chi connectivity index (χ1) is 21.5. The molecule has 2 amide bonds. The Kier molecular flexibility index (Phi) is 13.3. The monoisotopic (exact) mass is 637 g/mol. The van der Waals surface area contributed by atoms with Crippen molar-refractivity contribution in [1.29, 1.82) is 0 Å². The Bertz CT molecular complexity index is 1660. The van der Waals surface area contributed by atoms with Crippen molar-refractivity contribution in [3.05, 3.63) is 107 Å². The zero-order valence-electron chi connectivity index (χ0n) is 26.2. The standard InChI is InChI=1S/C35H38FN3O6.Na/c1-21(2)39-29(16-15-27(40)18-28(41)19-30(42)43)31(24-11-13-26(36)14-12-24)32(23-8-4-3-5-9-23)33(39)35(45)38-20-22-7-6-10-25(17-22)34(37)44;/h3-14,17,21,27-28,40-41H,15-16,18-20H2,1-2H3,(H2,37,44)(H,38,45)(H,42,43);/q;+1/p-1/t27-,28-;/m1./s1. The number of benzene rings is 3. The predicted octanol–water partition coefficient (Wildman–Crippen LogP) is 0.760. The number of rotatable bonds is 14. The molecule has 9 nitrogen and oxygen atoms in total. The second-order valence-electron chi connectivity index (χ2n) is 11.3. The fourth-order valence-corrected chi connectivity index (χ4v) is 5.60. The Morgan fingerprint density at radius 2 is 1.57 bits per heavy atom. The van der Waals surface area contributed by atoms with Gasteiger partial charge in [0.2, 0.25) is 5.91 Å². The number of aliphatic hydroxyl groups excluding tert-OH is 2. The molecule has 1 heterocycles. The average Bonchev–Trinajstić information content (AvgIpc) is 3.35. The molecule has 5 N–H and O–H groups in total. The maximum Gasteiger partial charge on any atom is 1.00 e. The number of nitrogens with two attached hydrogens (primary N) is 1. The van der Waals surface area contributed by atoms with Gasteiger partial charge in [-0.3, -0.25) is 9.59 Å². The van der Waals surface area contributed by atoms with Crippen LogP contribution in [0.3, 0.4) is 0 Å². The van der Waals surface area contributed by atoms with E-state index in [1.807, 2.05) is 48.7 Å². The second-order valence-corrected chi connectivity index (χ2v) is 11.3. The Balaban J connectivity index is 0.00000576. The molecule has 1 aromatic heterocycles. The third-order valence-corrected chi connectivity index (χ3v) is 7.56. The van der Waals surface area contributed by atoms with Crippen LogP contribution in [0.4, 0.5) is 4.39 Å². The third-order valence-electron chi connectivity index (χ3n) is 7.56. The molecule has 3 aromatic carbocycles. The number of primary amides is 1. The van der Waals surface area contributed by atoms with Gasteiger partial charge in [-0.05, 0) is 74.1 Å². The molecule has 46 heavy (non-hydrogen) atoms. The molecule has 0 saturated carbocycles. The van der Waals surface area contributed by atoms with Crippen molar-refractivity contribution in [3.8, 4) is 22.3 Å². The van der Waals surface area contributed by atoms with Crippen LogP contribution in [-0.2, 0) is 17.8 Å². The minimum Gasteiger partial charge on any atom is -0.550 e. The van der Waals surface area contributed by atoms with E-state index < -0.39 is 36.3 Å². The van der Waals surface area contributed by atoms with Crippen LogP contribution in [0.1, 0.15) is 71.3 Å². The van der Waals surface area contributed by atoms with Gasteiger partial charge >= 0.3 is 29.6 Å². The minimum absolute atomic E-state index is 0. The number of carbonyl (C=O) groups is 3. The van der Waals surface area contributed by atoms with Crippen molar-refractivity contribution < 1.29 is 63.7 Å². The van der Waals surface area contributed by atoms with Crippen molar-refractivity contribution >= 4 is 17.8 Å². The van der Waals surface area contributed by atoms with Gasteiger partial charge in [-0.25, -0.2) is 4.39 Å². The van der Waals surface area contributed by atoms with E-state index in [1.54, 1.807) is 36.4 Å². The maximum absolute atomic E-state index is 14.2. The van der Waals surface area contributed by atoms with Crippen LogP contribution in [-0.4, -0.2) is 44.8 Å². The van der Waals surface area contributed by atoms with E-state index in [-0.39, 0.29) is 67.3 Å². The summed E-state index contributed by atoms with van der Waals surface area (Å²) in [6.07, 6.45) is -2.64. The number of carboxylic acids is 1. The smallest absolute Gasteiger partial charge is 0.550 e. The Morgan fingerprint density at radius 3 is 2.17 bits per heavy atom. The quantitative estimate of drug-likeness (QED) is 0.150. The fraction of sp³-hybridized carbons (Fsp3) is 0.286. The number of aliphatic carboxylic acids is 1. The van der Waals surface area contributed by atoms with Gasteiger partial charge in [0.1, 0.15) is 11.5 Å². The van der Waals surface area contributed by atoms with Gasteiger partial charge in [-0.2, -0.15) is 0 Å². The molecule has 4 rings (SSSR count). The van der Waals surface area contributed by atoms with E-state index in [1.165, 1.54) is 12.1 Å². The second kappa shape index (κ2) is 16.7. The van der Waals surface area contributed by atoms with Crippen LogP contribution >= 0.6 is 0 Å². The molecule has 0 aliphatic carbocycles. The summed E-state index contributed by atoms with van der Waals surface area (Å²) in [5.41, 5.74) is 10.3. The number of amides is 2. The summed E-state index contributed by atoms with van der Waals surface area (Å²) in [6, 6.07) is 21.8. The summed E-state index contributed by atoms with van der Waals surface area (Å²) in [4.78, 5) is 36.8. The molecule has 0 saturated heterocycles. The van der Waals surface area contributed by atoms with E-state index in [2.05, 4.69) is 5.32 Å².